The van der Waals surface area contributed by atoms with Crippen molar-refractivity contribution in [2.75, 3.05) is 11.9 Å². The smallest absolute Gasteiger partial charge is 0.397 e. The van der Waals surface area contributed by atoms with Gasteiger partial charge in [-0.25, -0.2) is 9.18 Å². The standard InChI is InChI=1S/C16H11Cl3FNO4/c1-2-24-16(23)15(22)21-8-5-11(18)14(12(19)6-8)25-9-3-4-13(20)10(17)7-9/h3-7H,2H2,1H3,(H,21,22). The maximum absolute atomic E-state index is 13.2. The van der Waals surface area contributed by atoms with E-state index in [0.29, 0.717) is 0 Å². The summed E-state index contributed by atoms with van der Waals surface area (Å²) in [7, 11) is 0. The van der Waals surface area contributed by atoms with Crippen LogP contribution < -0.4 is 10.1 Å². The normalized spacial score (nSPS) is 10.3. The van der Waals surface area contributed by atoms with Gasteiger partial charge in [-0.3, -0.25) is 4.79 Å². The van der Waals surface area contributed by atoms with E-state index in [1.165, 1.54) is 24.3 Å². The highest BCUT2D eigenvalue weighted by molar-refractivity contribution is 6.39. The Bertz CT molecular complexity index is 806. The van der Waals surface area contributed by atoms with Gasteiger partial charge in [-0.2, -0.15) is 0 Å². The van der Waals surface area contributed by atoms with Gasteiger partial charge in [0.1, 0.15) is 11.6 Å². The molecule has 0 aliphatic carbocycles. The fourth-order valence-corrected chi connectivity index (χ4v) is 2.50. The Balaban J connectivity index is 2.20. The van der Waals surface area contributed by atoms with Crippen LogP contribution in [-0.2, 0) is 14.3 Å². The van der Waals surface area contributed by atoms with Crippen molar-refractivity contribution in [2.45, 2.75) is 6.92 Å². The minimum Gasteiger partial charge on any atom is -0.459 e. The summed E-state index contributed by atoms with van der Waals surface area (Å²) in [5.41, 5.74) is 0.178. The van der Waals surface area contributed by atoms with Crippen molar-refractivity contribution in [1.82, 2.24) is 0 Å². The molecule has 0 aromatic heterocycles. The van der Waals surface area contributed by atoms with Crippen molar-refractivity contribution in [1.29, 1.82) is 0 Å². The van der Waals surface area contributed by atoms with Gasteiger partial charge in [0.2, 0.25) is 0 Å². The molecule has 0 aliphatic rings. The van der Waals surface area contributed by atoms with Gasteiger partial charge in [-0.05, 0) is 31.2 Å². The number of nitrogens with one attached hydrogen (secondary N) is 1. The topological polar surface area (TPSA) is 64.6 Å². The Morgan fingerprint density at radius 3 is 2.28 bits per heavy atom. The molecule has 2 rings (SSSR count). The van der Waals surface area contributed by atoms with E-state index in [0.717, 1.165) is 6.07 Å². The third-order valence-electron chi connectivity index (χ3n) is 2.83. The van der Waals surface area contributed by atoms with Gasteiger partial charge in [0.15, 0.2) is 5.75 Å². The maximum atomic E-state index is 13.2. The molecule has 1 amide bonds. The number of hydrogen-bond donors (Lipinski definition) is 1. The number of amides is 1. The second kappa shape index (κ2) is 8.38. The third kappa shape index (κ3) is 4.98. The predicted octanol–water partition coefficient (Wildman–Crippen LogP) is 5.08. The van der Waals surface area contributed by atoms with Crippen LogP contribution in [0, 0.1) is 5.82 Å². The average Bonchev–Trinajstić information content (AvgIpc) is 2.54. The van der Waals surface area contributed by atoms with Crippen LogP contribution in [0.4, 0.5) is 10.1 Å². The molecule has 2 aromatic carbocycles. The number of esters is 1. The Morgan fingerprint density at radius 2 is 1.72 bits per heavy atom. The quantitative estimate of drug-likeness (QED) is 0.568. The van der Waals surface area contributed by atoms with E-state index in [1.807, 2.05) is 0 Å². The van der Waals surface area contributed by atoms with Crippen LogP contribution in [0.5, 0.6) is 11.5 Å². The summed E-state index contributed by atoms with van der Waals surface area (Å²) in [6.07, 6.45) is 0. The van der Waals surface area contributed by atoms with Crippen LogP contribution in [0.1, 0.15) is 6.92 Å². The van der Waals surface area contributed by atoms with Crippen molar-refractivity contribution in [2.24, 2.45) is 0 Å². The number of halogens is 4. The van der Waals surface area contributed by atoms with Crippen molar-refractivity contribution in [3.63, 3.8) is 0 Å². The molecular weight excluding hydrogens is 396 g/mol. The molecule has 0 aliphatic heterocycles. The van der Waals surface area contributed by atoms with E-state index in [4.69, 9.17) is 39.5 Å². The molecule has 0 heterocycles. The first-order valence-corrected chi connectivity index (χ1v) is 8.05. The molecule has 0 spiro atoms. The zero-order valence-electron chi connectivity index (χ0n) is 12.7. The number of hydrogen-bond acceptors (Lipinski definition) is 4. The Morgan fingerprint density at radius 1 is 1.08 bits per heavy atom. The highest BCUT2D eigenvalue weighted by Gasteiger charge is 2.17. The van der Waals surface area contributed by atoms with Gasteiger partial charge >= 0.3 is 11.9 Å². The number of carbonyl (C=O) groups is 2. The first kappa shape index (κ1) is 19.3. The lowest BCUT2D eigenvalue weighted by atomic mass is 10.3. The number of rotatable bonds is 4. The number of benzene rings is 2. The van der Waals surface area contributed by atoms with Crippen molar-refractivity contribution in [3.05, 3.63) is 51.2 Å². The summed E-state index contributed by atoms with van der Waals surface area (Å²) in [5, 5.41) is 2.31. The summed E-state index contributed by atoms with van der Waals surface area (Å²) < 4.78 is 23.3. The minimum absolute atomic E-state index is 0.0621. The van der Waals surface area contributed by atoms with Crippen LogP contribution in [0.2, 0.25) is 15.1 Å². The predicted molar refractivity (Wildman–Crippen MR) is 93.2 cm³/mol. The molecular formula is C16H11Cl3FNO4. The first-order chi connectivity index (χ1) is 11.8. The van der Waals surface area contributed by atoms with Crippen molar-refractivity contribution < 1.29 is 23.5 Å². The molecule has 0 bridgehead atoms. The summed E-state index contributed by atoms with van der Waals surface area (Å²) in [6, 6.07) is 6.42. The second-order valence-corrected chi connectivity index (χ2v) is 5.84. The monoisotopic (exact) mass is 405 g/mol. The summed E-state index contributed by atoms with van der Waals surface area (Å²) in [6.45, 7) is 1.65. The molecule has 0 saturated heterocycles. The zero-order chi connectivity index (χ0) is 18.6. The highest BCUT2D eigenvalue weighted by Crippen LogP contribution is 2.39. The van der Waals surface area contributed by atoms with Gasteiger partial charge in [-0.15, -0.1) is 0 Å². The molecule has 132 valence electrons. The molecule has 0 atom stereocenters. The van der Waals surface area contributed by atoms with Crippen molar-refractivity contribution in [3.8, 4) is 11.5 Å². The number of ether oxygens (including phenoxy) is 2. The molecule has 0 saturated carbocycles. The van der Waals surface area contributed by atoms with E-state index >= 15 is 0 Å². The van der Waals surface area contributed by atoms with Crippen molar-refractivity contribution >= 4 is 52.4 Å². The van der Waals surface area contributed by atoms with E-state index in [2.05, 4.69) is 10.1 Å². The van der Waals surface area contributed by atoms with Gasteiger partial charge in [0.05, 0.1) is 21.7 Å². The summed E-state index contributed by atoms with van der Waals surface area (Å²) >= 11 is 17.9. The summed E-state index contributed by atoms with van der Waals surface area (Å²) in [4.78, 5) is 22.9. The lowest BCUT2D eigenvalue weighted by Crippen LogP contribution is -2.24. The first-order valence-electron chi connectivity index (χ1n) is 6.92. The van der Waals surface area contributed by atoms with Crippen LogP contribution in [0.3, 0.4) is 0 Å². The van der Waals surface area contributed by atoms with E-state index < -0.39 is 17.7 Å². The Kier molecular flexibility index (Phi) is 6.47. The minimum atomic E-state index is -1.03. The van der Waals surface area contributed by atoms with Crippen LogP contribution in [-0.4, -0.2) is 18.5 Å². The average molecular weight is 407 g/mol. The van der Waals surface area contributed by atoms with Gasteiger partial charge < -0.3 is 14.8 Å². The molecule has 2 aromatic rings. The zero-order valence-corrected chi connectivity index (χ0v) is 15.0. The molecule has 0 radical (unpaired) electrons. The van der Waals surface area contributed by atoms with E-state index in [-0.39, 0.29) is 38.9 Å². The number of carbonyl (C=O) groups excluding carboxylic acids is 2. The van der Waals surface area contributed by atoms with E-state index in [9.17, 15) is 14.0 Å². The van der Waals surface area contributed by atoms with Gasteiger partial charge in [0.25, 0.3) is 0 Å². The van der Waals surface area contributed by atoms with Crippen LogP contribution in [0.15, 0.2) is 30.3 Å². The lowest BCUT2D eigenvalue weighted by Gasteiger charge is -2.12. The molecule has 0 unspecified atom stereocenters. The molecule has 0 fully saturated rings. The lowest BCUT2D eigenvalue weighted by molar-refractivity contribution is -0.152. The Hall–Kier alpha value is -2.02. The Labute approximate surface area is 157 Å². The fraction of sp³-hybridized carbons (Fsp3) is 0.125. The fourth-order valence-electron chi connectivity index (χ4n) is 1.77. The highest BCUT2D eigenvalue weighted by atomic mass is 35.5. The molecule has 9 heteroatoms. The van der Waals surface area contributed by atoms with Crippen LogP contribution in [0.25, 0.3) is 0 Å². The summed E-state index contributed by atoms with van der Waals surface area (Å²) in [5.74, 6) is -2.29. The molecule has 25 heavy (non-hydrogen) atoms. The van der Waals surface area contributed by atoms with E-state index in [1.54, 1.807) is 6.92 Å². The largest absolute Gasteiger partial charge is 0.459 e. The van der Waals surface area contributed by atoms with Gasteiger partial charge in [-0.1, -0.05) is 34.8 Å². The van der Waals surface area contributed by atoms with Crippen LogP contribution >= 0.6 is 34.8 Å². The third-order valence-corrected chi connectivity index (χ3v) is 3.68. The van der Waals surface area contributed by atoms with Gasteiger partial charge in [0, 0.05) is 11.8 Å². The SMILES string of the molecule is CCOC(=O)C(=O)Nc1cc(Cl)c(Oc2ccc(F)c(Cl)c2)c(Cl)c1. The molecule has 1 N–H and O–H groups in total. The number of anilines is 1. The second-order valence-electron chi connectivity index (χ2n) is 4.62. The molecule has 5 nitrogen and oxygen atoms in total. The maximum Gasteiger partial charge on any atom is 0.397 e.